The van der Waals surface area contributed by atoms with Gasteiger partial charge >= 0.3 is 0 Å². The Hall–Kier alpha value is -4.69. The van der Waals surface area contributed by atoms with Gasteiger partial charge in [-0.2, -0.15) is 0 Å². The molecule has 1 aliphatic heterocycles. The number of amides is 2. The van der Waals surface area contributed by atoms with E-state index in [0.29, 0.717) is 38.4 Å². The number of fused-ring (bicyclic) bond motifs is 1. The van der Waals surface area contributed by atoms with Crippen molar-refractivity contribution in [3.05, 3.63) is 125 Å². The number of benzene rings is 4. The fraction of sp³-hybridized carbons (Fsp3) is 0.381. The van der Waals surface area contributed by atoms with Crippen LogP contribution in [0.1, 0.15) is 79.4 Å². The Labute approximate surface area is 295 Å². The monoisotopic (exact) mass is 677 g/mol. The second-order valence-corrected chi connectivity index (χ2v) is 13.9. The quantitative estimate of drug-likeness (QED) is 0.151. The van der Waals surface area contributed by atoms with Crippen LogP contribution in [0.5, 0.6) is 11.5 Å². The number of nitrogens with zero attached hydrogens (tertiary/aromatic N) is 3. The summed E-state index contributed by atoms with van der Waals surface area (Å²) < 4.78 is 27.6. The van der Waals surface area contributed by atoms with Crippen molar-refractivity contribution in [3.63, 3.8) is 0 Å². The number of carbonyl (C=O) groups is 2. The lowest BCUT2D eigenvalue weighted by Gasteiger charge is -2.41. The second-order valence-electron chi connectivity index (χ2n) is 13.9. The molecule has 1 saturated carbocycles. The molecule has 0 radical (unpaired) electrons. The molecule has 1 unspecified atom stereocenters. The van der Waals surface area contributed by atoms with Crippen LogP contribution in [0, 0.1) is 5.82 Å². The van der Waals surface area contributed by atoms with E-state index in [0.717, 1.165) is 37.0 Å². The van der Waals surface area contributed by atoms with Crippen LogP contribution >= 0.6 is 0 Å². The van der Waals surface area contributed by atoms with Gasteiger partial charge in [0, 0.05) is 50.7 Å². The molecule has 1 fully saturated rings. The van der Waals surface area contributed by atoms with Gasteiger partial charge in [0.1, 0.15) is 17.3 Å². The molecule has 0 bridgehead atoms. The zero-order valence-corrected chi connectivity index (χ0v) is 29.6. The third-order valence-corrected chi connectivity index (χ3v) is 10.1. The molecule has 0 saturated heterocycles. The van der Waals surface area contributed by atoms with Crippen LogP contribution in [0.15, 0.2) is 97.1 Å². The maximum absolute atomic E-state index is 16.0. The zero-order chi connectivity index (χ0) is 35.3. The minimum Gasteiger partial charge on any atom is -0.497 e. The molecule has 8 heteroatoms. The molecule has 2 aliphatic rings. The summed E-state index contributed by atoms with van der Waals surface area (Å²) in [6.07, 6.45) is 3.82. The normalized spacial score (nSPS) is 18.4. The van der Waals surface area contributed by atoms with Gasteiger partial charge in [-0.15, -0.1) is 0 Å². The number of ether oxygens (including phenoxy) is 2. The maximum Gasteiger partial charge on any atom is 0.270 e. The first-order chi connectivity index (χ1) is 24.2. The number of hydrogen-bond acceptors (Lipinski definition) is 5. The van der Waals surface area contributed by atoms with E-state index in [1.54, 1.807) is 25.9 Å². The number of rotatable bonds is 12. The predicted molar refractivity (Wildman–Crippen MR) is 195 cm³/mol. The highest BCUT2D eigenvalue weighted by Gasteiger charge is 2.42. The molecule has 4 aromatic rings. The number of carbonyl (C=O) groups excluding carboxylic acids is 2. The summed E-state index contributed by atoms with van der Waals surface area (Å²) in [6.45, 7) is 8.06. The maximum atomic E-state index is 16.0. The van der Waals surface area contributed by atoms with E-state index in [1.807, 2.05) is 66.4 Å². The van der Waals surface area contributed by atoms with E-state index in [2.05, 4.69) is 35.2 Å². The van der Waals surface area contributed by atoms with Crippen LogP contribution in [-0.2, 0) is 17.9 Å². The zero-order valence-electron chi connectivity index (χ0n) is 29.6. The summed E-state index contributed by atoms with van der Waals surface area (Å²) in [6, 6.07) is 31.3. The summed E-state index contributed by atoms with van der Waals surface area (Å²) in [7, 11) is 1.65. The van der Waals surface area contributed by atoms with Crippen molar-refractivity contribution in [2.24, 2.45) is 0 Å². The van der Waals surface area contributed by atoms with Crippen LogP contribution in [0.2, 0.25) is 0 Å². The molecule has 50 heavy (non-hydrogen) atoms. The Morgan fingerprint density at radius 2 is 1.58 bits per heavy atom. The minimum absolute atomic E-state index is 0.0490. The highest BCUT2D eigenvalue weighted by molar-refractivity contribution is 6.04. The van der Waals surface area contributed by atoms with Gasteiger partial charge in [0.25, 0.3) is 11.8 Å². The van der Waals surface area contributed by atoms with Crippen LogP contribution in [-0.4, -0.2) is 60.0 Å². The van der Waals surface area contributed by atoms with Crippen LogP contribution in [0.4, 0.5) is 10.1 Å². The van der Waals surface area contributed by atoms with Gasteiger partial charge in [-0.1, -0.05) is 85.6 Å². The third kappa shape index (κ3) is 7.71. The van der Waals surface area contributed by atoms with Gasteiger partial charge in [-0.3, -0.25) is 14.5 Å². The Morgan fingerprint density at radius 1 is 0.920 bits per heavy atom. The van der Waals surface area contributed by atoms with E-state index in [9.17, 15) is 9.59 Å². The standard InChI is InChI=1S/C42H48FN3O4/c1-5-45(37-22-13-12-21-34(37)32-19-14-20-33(25-32)49-4)40(47)35-26-38-39(27-36(35)43)50-42(2,3)41(48)46(38)24-23-44(28-30-15-8-6-9-16-30)29-31-17-10-7-11-18-31/h6-11,14-20,25-27,34,37H,5,12-13,21-24,28-29H2,1-4H3/t34-,37?/m1/s1. The topological polar surface area (TPSA) is 62.3 Å². The molecule has 2 atom stereocenters. The highest BCUT2D eigenvalue weighted by atomic mass is 19.1. The second kappa shape index (κ2) is 15.5. The van der Waals surface area contributed by atoms with Crippen molar-refractivity contribution in [1.29, 1.82) is 0 Å². The van der Waals surface area contributed by atoms with E-state index in [-0.39, 0.29) is 35.1 Å². The number of methoxy groups -OCH3 is 1. The predicted octanol–water partition coefficient (Wildman–Crippen LogP) is 8.23. The summed E-state index contributed by atoms with van der Waals surface area (Å²) in [4.78, 5) is 34.1. The number of halogens is 1. The van der Waals surface area contributed by atoms with E-state index < -0.39 is 11.4 Å². The van der Waals surface area contributed by atoms with Crippen LogP contribution in [0.25, 0.3) is 0 Å². The van der Waals surface area contributed by atoms with Crippen molar-refractivity contribution in [1.82, 2.24) is 9.80 Å². The van der Waals surface area contributed by atoms with Crippen LogP contribution in [0.3, 0.4) is 0 Å². The van der Waals surface area contributed by atoms with Crippen molar-refractivity contribution < 1.29 is 23.5 Å². The first-order valence-corrected chi connectivity index (χ1v) is 17.8. The summed E-state index contributed by atoms with van der Waals surface area (Å²) >= 11 is 0. The average Bonchev–Trinajstić information content (AvgIpc) is 3.13. The Balaban J connectivity index is 1.30. The molecule has 0 aromatic heterocycles. The van der Waals surface area contributed by atoms with E-state index in [4.69, 9.17) is 9.47 Å². The lowest BCUT2D eigenvalue weighted by Crippen LogP contribution is -2.54. The molecule has 0 spiro atoms. The van der Waals surface area contributed by atoms with Gasteiger partial charge < -0.3 is 19.3 Å². The Morgan fingerprint density at radius 3 is 2.22 bits per heavy atom. The van der Waals surface area contributed by atoms with Crippen molar-refractivity contribution in [2.75, 3.05) is 31.6 Å². The summed E-state index contributed by atoms with van der Waals surface area (Å²) in [5, 5.41) is 0. The molecular weight excluding hydrogens is 629 g/mol. The van der Waals surface area contributed by atoms with Gasteiger partial charge in [-0.25, -0.2) is 4.39 Å². The van der Waals surface area contributed by atoms with Gasteiger partial charge in [0.05, 0.1) is 18.4 Å². The fourth-order valence-electron chi connectivity index (χ4n) is 7.54. The van der Waals surface area contributed by atoms with E-state index in [1.165, 1.54) is 23.3 Å². The molecule has 262 valence electrons. The summed E-state index contributed by atoms with van der Waals surface area (Å²) in [5.74, 6) is -0.115. The molecule has 6 rings (SSSR count). The lowest BCUT2D eigenvalue weighted by molar-refractivity contribution is -0.132. The number of hydrogen-bond donors (Lipinski definition) is 0. The van der Waals surface area contributed by atoms with Gasteiger partial charge in [-0.05, 0) is 68.5 Å². The first kappa shape index (κ1) is 35.1. The molecule has 1 heterocycles. The first-order valence-electron chi connectivity index (χ1n) is 17.8. The fourth-order valence-corrected chi connectivity index (χ4v) is 7.54. The minimum atomic E-state index is -1.20. The Kier molecular flexibility index (Phi) is 10.9. The highest BCUT2D eigenvalue weighted by Crippen LogP contribution is 2.41. The summed E-state index contributed by atoms with van der Waals surface area (Å²) in [5.41, 5.74) is 2.63. The molecule has 2 amide bonds. The molecule has 4 aromatic carbocycles. The number of anilines is 1. The largest absolute Gasteiger partial charge is 0.497 e. The van der Waals surface area contributed by atoms with Crippen LogP contribution < -0.4 is 14.4 Å². The van der Waals surface area contributed by atoms with Gasteiger partial charge in [0.15, 0.2) is 5.60 Å². The van der Waals surface area contributed by atoms with Crippen molar-refractivity contribution in [2.45, 2.75) is 77.1 Å². The van der Waals surface area contributed by atoms with E-state index >= 15 is 4.39 Å². The Bertz CT molecular complexity index is 1740. The molecule has 0 N–H and O–H groups in total. The van der Waals surface area contributed by atoms with Gasteiger partial charge in [0.2, 0.25) is 0 Å². The van der Waals surface area contributed by atoms with Crippen molar-refractivity contribution in [3.8, 4) is 11.5 Å². The number of likely N-dealkylation sites (N-methyl/N-ethyl adjacent to an activating group) is 1. The lowest BCUT2D eigenvalue weighted by atomic mass is 9.79. The molecule has 1 aliphatic carbocycles. The SMILES string of the molecule is CCN(C(=O)c1cc2c(cc1F)OC(C)(C)C(=O)N2CCN(Cc1ccccc1)Cc1ccccc1)C1CCCC[C@@H]1c1cccc(OC)c1. The molecular formula is C42H48FN3O4. The van der Waals surface area contributed by atoms with Crippen molar-refractivity contribution >= 4 is 17.5 Å². The molecule has 7 nitrogen and oxygen atoms in total. The average molecular weight is 678 g/mol. The third-order valence-electron chi connectivity index (χ3n) is 10.1. The smallest absolute Gasteiger partial charge is 0.270 e.